The number of hydrogen-bond donors (Lipinski definition) is 2. The van der Waals surface area contributed by atoms with Crippen molar-refractivity contribution in [3.63, 3.8) is 0 Å². The molecule has 0 amide bonds. The lowest BCUT2D eigenvalue weighted by Crippen LogP contribution is -2.62. The summed E-state index contributed by atoms with van der Waals surface area (Å²) in [5.74, 6) is -0.640. The zero-order chi connectivity index (χ0) is 32.6. The highest BCUT2D eigenvalue weighted by Gasteiger charge is 2.68. The minimum absolute atomic E-state index is 0.00656. The van der Waals surface area contributed by atoms with E-state index in [1.165, 1.54) is 0 Å². The second kappa shape index (κ2) is 13.4. The average Bonchev–Trinajstić information content (AvgIpc) is 3.30. The van der Waals surface area contributed by atoms with Gasteiger partial charge in [0, 0.05) is 31.5 Å². The van der Waals surface area contributed by atoms with Crippen LogP contribution in [0.3, 0.4) is 0 Å². The molecule has 0 heterocycles. The number of fused-ring (bicyclic) bond motifs is 5. The number of allylic oxidation sites excluding steroid dienone is 1. The molecule has 2 N–H and O–H groups in total. The molecule has 0 spiro atoms. The Hall–Kier alpha value is -2.39. The van der Waals surface area contributed by atoms with Crippen molar-refractivity contribution in [3.05, 3.63) is 47.0 Å². The highest BCUT2D eigenvalue weighted by molar-refractivity contribution is 5.94. The highest BCUT2D eigenvalue weighted by atomic mass is 16.5. The number of nitrogens with zero attached hydrogens (tertiary/aromatic N) is 2. The molecule has 0 aromatic heterocycles. The van der Waals surface area contributed by atoms with Gasteiger partial charge in [-0.25, -0.2) is 4.79 Å². The van der Waals surface area contributed by atoms with E-state index in [4.69, 9.17) is 4.74 Å². The minimum atomic E-state index is -1.67. The van der Waals surface area contributed by atoms with Gasteiger partial charge in [-0.15, -0.1) is 0 Å². The number of Topliss-reactive ketones (excluding diaryl/α,β-unsaturated/α-hetero) is 1. The molecule has 8 heteroatoms. The largest absolute Gasteiger partial charge is 0.454 e. The first-order chi connectivity index (χ1) is 21.4. The van der Waals surface area contributed by atoms with Crippen molar-refractivity contribution in [1.82, 2.24) is 9.80 Å². The van der Waals surface area contributed by atoms with Gasteiger partial charge in [-0.2, -0.15) is 0 Å². The summed E-state index contributed by atoms with van der Waals surface area (Å²) in [6.45, 7) is 15.7. The van der Waals surface area contributed by atoms with Crippen LogP contribution in [0.5, 0.6) is 0 Å². The Morgan fingerprint density at radius 2 is 1.71 bits per heavy atom. The van der Waals surface area contributed by atoms with Crippen LogP contribution >= 0.6 is 0 Å². The normalized spacial score (nSPS) is 34.2. The van der Waals surface area contributed by atoms with Gasteiger partial charge in [0.15, 0.2) is 12.4 Å². The lowest BCUT2D eigenvalue weighted by molar-refractivity contribution is -0.182. The van der Waals surface area contributed by atoms with Gasteiger partial charge in [0.05, 0.1) is 11.7 Å². The van der Waals surface area contributed by atoms with Crippen LogP contribution in [0, 0.1) is 28.6 Å². The monoisotopic (exact) mass is 622 g/mol. The van der Waals surface area contributed by atoms with E-state index in [0.717, 1.165) is 63.1 Å². The molecule has 0 aliphatic heterocycles. The Labute approximate surface area is 269 Å². The third-order valence-electron chi connectivity index (χ3n) is 12.5. The molecule has 0 radical (unpaired) electrons. The number of benzene rings is 1. The number of likely N-dealkylation sites (N-methyl/N-ethyl adjacent to an activating group) is 2. The molecular weight excluding hydrogens is 568 g/mol. The Morgan fingerprint density at radius 3 is 2.42 bits per heavy atom. The second-order valence-corrected chi connectivity index (χ2v) is 14.6. The van der Waals surface area contributed by atoms with Crippen LogP contribution < -0.4 is 0 Å². The van der Waals surface area contributed by atoms with Crippen molar-refractivity contribution in [2.24, 2.45) is 28.6 Å². The number of ketones is 2. The molecule has 0 bridgehead atoms. The van der Waals surface area contributed by atoms with Gasteiger partial charge in [0.2, 0.25) is 5.78 Å². The van der Waals surface area contributed by atoms with E-state index in [9.17, 15) is 24.6 Å². The van der Waals surface area contributed by atoms with E-state index in [0.29, 0.717) is 37.8 Å². The second-order valence-electron chi connectivity index (χ2n) is 14.6. The molecular formula is C37H54N2O6. The zero-order valence-corrected chi connectivity index (χ0v) is 28.0. The summed E-state index contributed by atoms with van der Waals surface area (Å²) >= 11 is 0. The molecule has 8 nitrogen and oxygen atoms in total. The molecule has 3 saturated carbocycles. The molecule has 3 fully saturated rings. The molecule has 1 aromatic rings. The summed E-state index contributed by atoms with van der Waals surface area (Å²) in [5, 5.41) is 23.6. The van der Waals surface area contributed by atoms with Crippen molar-refractivity contribution in [1.29, 1.82) is 0 Å². The first-order valence-electron chi connectivity index (χ1n) is 17.3. The molecule has 1 aromatic carbocycles. The van der Waals surface area contributed by atoms with Gasteiger partial charge in [-0.05, 0) is 105 Å². The zero-order valence-electron chi connectivity index (χ0n) is 28.0. The van der Waals surface area contributed by atoms with Gasteiger partial charge in [0.25, 0.3) is 0 Å². The predicted octanol–water partition coefficient (Wildman–Crippen LogP) is 4.81. The lowest BCUT2D eigenvalue weighted by Gasteiger charge is -2.60. The predicted molar refractivity (Wildman–Crippen MR) is 174 cm³/mol. The van der Waals surface area contributed by atoms with Gasteiger partial charge in [-0.1, -0.05) is 52.3 Å². The Morgan fingerprint density at radius 1 is 1.00 bits per heavy atom. The molecule has 7 atom stereocenters. The van der Waals surface area contributed by atoms with Crippen molar-refractivity contribution < 1.29 is 29.3 Å². The maximum atomic E-state index is 13.7. The maximum Gasteiger partial charge on any atom is 0.338 e. The number of rotatable bonds is 12. The third kappa shape index (κ3) is 6.20. The molecule has 248 valence electrons. The summed E-state index contributed by atoms with van der Waals surface area (Å²) in [5.41, 5.74) is -0.153. The van der Waals surface area contributed by atoms with Crippen molar-refractivity contribution in [2.75, 3.05) is 39.3 Å². The fraction of sp³-hybridized carbons (Fsp3) is 0.703. The number of aliphatic hydroxyl groups excluding tert-OH is 1. The molecule has 6 unspecified atom stereocenters. The fourth-order valence-electron chi connectivity index (χ4n) is 9.71. The summed E-state index contributed by atoms with van der Waals surface area (Å²) in [6, 6.07) is 7.38. The van der Waals surface area contributed by atoms with Crippen molar-refractivity contribution in [3.8, 4) is 0 Å². The van der Waals surface area contributed by atoms with Gasteiger partial charge in [-0.3, -0.25) is 14.5 Å². The first kappa shape index (κ1) is 34.0. The lowest BCUT2D eigenvalue weighted by atomic mass is 9.45. The number of carbonyl (C=O) groups excluding carboxylic acids is 3. The van der Waals surface area contributed by atoms with Crippen LogP contribution in [0.4, 0.5) is 0 Å². The number of esters is 1. The van der Waals surface area contributed by atoms with Gasteiger partial charge < -0.3 is 19.8 Å². The van der Waals surface area contributed by atoms with E-state index in [1.807, 2.05) is 31.2 Å². The van der Waals surface area contributed by atoms with E-state index in [-0.39, 0.29) is 29.0 Å². The highest BCUT2D eigenvalue weighted by Crippen LogP contribution is 2.67. The molecule has 45 heavy (non-hydrogen) atoms. The minimum Gasteiger partial charge on any atom is -0.454 e. The fourth-order valence-corrected chi connectivity index (χ4v) is 9.71. The van der Waals surface area contributed by atoms with Crippen LogP contribution in [0.25, 0.3) is 0 Å². The summed E-state index contributed by atoms with van der Waals surface area (Å²) in [6.07, 6.45) is 5.34. The molecule has 4 aliphatic carbocycles. The number of aliphatic hydroxyl groups is 2. The van der Waals surface area contributed by atoms with Crippen LogP contribution in [-0.4, -0.2) is 88.6 Å². The number of ether oxygens (including phenoxy) is 1. The molecule has 4 aliphatic rings. The number of hydrogen-bond acceptors (Lipinski definition) is 8. The van der Waals surface area contributed by atoms with Crippen LogP contribution in [0.1, 0.15) is 95.5 Å². The molecule has 0 saturated heterocycles. The quantitative estimate of drug-likeness (QED) is 0.320. The molecule has 5 rings (SSSR count). The topological polar surface area (TPSA) is 107 Å². The average molecular weight is 623 g/mol. The van der Waals surface area contributed by atoms with Crippen molar-refractivity contribution in [2.45, 2.75) is 97.8 Å². The standard InChI is InChI=1S/C37H54N2O6/c1-6-38(7-2)18-19-39(8-3)23-25-10-9-11-26(20-25)34(43)45-24-32(42)37(44)17-15-30-29-13-12-27-21-28(40)14-16-35(27,4)33(29)31(41)22-36(30,37)5/h9-11,20-21,29-31,33,41,44H,6-8,12-19,22-24H2,1-5H3/t29?,30?,31?,33?,35?,36?,37-/m0/s1. The van der Waals surface area contributed by atoms with Crippen molar-refractivity contribution >= 4 is 17.5 Å². The Bertz CT molecular complexity index is 1310. The summed E-state index contributed by atoms with van der Waals surface area (Å²) in [4.78, 5) is 43.8. The van der Waals surface area contributed by atoms with Gasteiger partial charge >= 0.3 is 5.97 Å². The van der Waals surface area contributed by atoms with Gasteiger partial charge in [0.1, 0.15) is 5.60 Å². The summed E-state index contributed by atoms with van der Waals surface area (Å²) < 4.78 is 5.55. The van der Waals surface area contributed by atoms with E-state index >= 15 is 0 Å². The van der Waals surface area contributed by atoms with Crippen LogP contribution in [0.15, 0.2) is 35.9 Å². The first-order valence-corrected chi connectivity index (χ1v) is 17.3. The SMILES string of the molecule is CCN(CC)CCN(CC)Cc1cccc(C(=O)OCC(=O)[C@@]2(O)CCC3C4CCC5=CC(=O)CCC5(C)C4C(O)CC32C)c1. The Kier molecular flexibility index (Phi) is 10.1. The number of carbonyl (C=O) groups is 3. The smallest absolute Gasteiger partial charge is 0.338 e. The van der Waals surface area contributed by atoms with Crippen LogP contribution in [-0.2, 0) is 20.9 Å². The maximum absolute atomic E-state index is 13.7. The summed E-state index contributed by atoms with van der Waals surface area (Å²) in [7, 11) is 0. The Balaban J connectivity index is 1.23. The van der Waals surface area contributed by atoms with E-state index in [2.05, 4.69) is 37.5 Å². The van der Waals surface area contributed by atoms with E-state index in [1.54, 1.807) is 6.07 Å². The third-order valence-corrected chi connectivity index (χ3v) is 12.5. The van der Waals surface area contributed by atoms with E-state index < -0.39 is 35.5 Å². The van der Waals surface area contributed by atoms with Crippen LogP contribution in [0.2, 0.25) is 0 Å².